The number of hydrogen-bond acceptors (Lipinski definition) is 3. The summed E-state index contributed by atoms with van der Waals surface area (Å²) in [6, 6.07) is 7.60. The first kappa shape index (κ1) is 26.0. The fraction of sp³-hybridized carbons (Fsp3) is 0.536. The van der Waals surface area contributed by atoms with Gasteiger partial charge in [0.1, 0.15) is 11.1 Å². The Bertz CT molecular complexity index is 1160. The third-order valence-electron chi connectivity index (χ3n) is 7.12. The van der Waals surface area contributed by atoms with Crippen molar-refractivity contribution in [2.24, 2.45) is 10.9 Å². The van der Waals surface area contributed by atoms with E-state index in [0.29, 0.717) is 18.8 Å². The predicted molar refractivity (Wildman–Crippen MR) is 134 cm³/mol. The van der Waals surface area contributed by atoms with E-state index >= 15 is 0 Å². The summed E-state index contributed by atoms with van der Waals surface area (Å²) in [6.45, 7) is 6.56. The van der Waals surface area contributed by atoms with Crippen LogP contribution in [-0.2, 0) is 15.0 Å². The van der Waals surface area contributed by atoms with Gasteiger partial charge in [0.25, 0.3) is 0 Å². The number of nitrogens with zero attached hydrogens (tertiary/aromatic N) is 3. The van der Waals surface area contributed by atoms with Gasteiger partial charge in [0.15, 0.2) is 0 Å². The lowest BCUT2D eigenvalue weighted by atomic mass is 9.74. The highest BCUT2D eigenvalue weighted by Crippen LogP contribution is 2.47. The fourth-order valence-electron chi connectivity index (χ4n) is 5.17. The molecule has 4 rings (SSSR count). The molecule has 1 saturated heterocycles. The van der Waals surface area contributed by atoms with E-state index in [2.05, 4.69) is 11.8 Å². The van der Waals surface area contributed by atoms with Crippen LogP contribution in [-0.4, -0.2) is 48.2 Å². The molecule has 1 aliphatic carbocycles. The Morgan fingerprint density at radius 3 is 2.56 bits per heavy atom. The van der Waals surface area contributed by atoms with E-state index in [1.807, 2.05) is 45.0 Å². The van der Waals surface area contributed by atoms with Gasteiger partial charge in [-0.25, -0.2) is 4.99 Å². The van der Waals surface area contributed by atoms with Crippen molar-refractivity contribution in [1.29, 1.82) is 0 Å². The van der Waals surface area contributed by atoms with E-state index in [9.17, 15) is 22.8 Å². The van der Waals surface area contributed by atoms with E-state index in [-0.39, 0.29) is 37.1 Å². The van der Waals surface area contributed by atoms with E-state index < -0.39 is 18.0 Å². The lowest BCUT2D eigenvalue weighted by Gasteiger charge is -2.47. The van der Waals surface area contributed by atoms with Gasteiger partial charge in [0.2, 0.25) is 11.8 Å². The first-order valence-corrected chi connectivity index (χ1v) is 12.5. The highest BCUT2D eigenvalue weighted by molar-refractivity contribution is 6.15. The second-order valence-corrected chi connectivity index (χ2v) is 10.2. The summed E-state index contributed by atoms with van der Waals surface area (Å²) in [5.74, 6) is 5.63. The highest BCUT2D eigenvalue weighted by Gasteiger charge is 2.59. The number of alkyl halides is 3. The number of unbranched alkanes of at least 4 members (excludes halogenated alkanes) is 1. The normalized spacial score (nSPS) is 19.1. The average Bonchev–Trinajstić information content (AvgIpc) is 3.29. The molecule has 3 aliphatic rings. The number of likely N-dealkylation sites (tertiary alicyclic amines) is 1. The number of aliphatic imine (C=N–C) groups is 1. The van der Waals surface area contributed by atoms with Gasteiger partial charge >= 0.3 is 6.18 Å². The Labute approximate surface area is 210 Å². The molecule has 5 nitrogen and oxygen atoms in total. The molecule has 0 aromatic heterocycles. The van der Waals surface area contributed by atoms with Crippen molar-refractivity contribution in [2.45, 2.75) is 70.9 Å². The van der Waals surface area contributed by atoms with Crippen LogP contribution in [0.3, 0.4) is 0 Å². The minimum absolute atomic E-state index is 0.0278. The summed E-state index contributed by atoms with van der Waals surface area (Å²) < 4.78 is 37.5. The second-order valence-electron chi connectivity index (χ2n) is 10.2. The van der Waals surface area contributed by atoms with Crippen LogP contribution in [0.1, 0.15) is 64.9 Å². The van der Waals surface area contributed by atoms with Crippen molar-refractivity contribution in [2.75, 3.05) is 24.5 Å². The minimum Gasteiger partial charge on any atom is -0.339 e. The lowest BCUT2D eigenvalue weighted by Crippen LogP contribution is -2.66. The standard InChI is InChI=1S/C28H32F3N3O2/c1-19(2)25(35)33-17-27(18-33)22-12-6-7-14-24(22)34(26(27)36)16-21(32-23-13-9-10-20(23)3)11-5-4-8-15-28(29,30)31/h6-7,12,14,19H,4,8-10,13,15-18H2,1-3H3. The van der Waals surface area contributed by atoms with Crippen LogP contribution in [0.5, 0.6) is 0 Å². The molecule has 1 spiro atoms. The topological polar surface area (TPSA) is 53.0 Å². The average molecular weight is 500 g/mol. The number of allylic oxidation sites excluding steroid dienone is 2. The van der Waals surface area contributed by atoms with E-state index in [4.69, 9.17) is 4.99 Å². The molecular formula is C28H32F3N3O2. The zero-order valence-electron chi connectivity index (χ0n) is 21.0. The summed E-state index contributed by atoms with van der Waals surface area (Å²) >= 11 is 0. The molecule has 0 N–H and O–H groups in total. The van der Waals surface area contributed by atoms with Gasteiger partial charge in [0.05, 0.1) is 6.54 Å². The quantitative estimate of drug-likeness (QED) is 0.299. The summed E-state index contributed by atoms with van der Waals surface area (Å²) in [6.07, 6.45) is -2.24. The van der Waals surface area contributed by atoms with Crippen LogP contribution >= 0.6 is 0 Å². The molecular weight excluding hydrogens is 467 g/mol. The Hall–Kier alpha value is -3.08. The Morgan fingerprint density at radius 2 is 1.92 bits per heavy atom. The van der Waals surface area contributed by atoms with Crippen molar-refractivity contribution < 1.29 is 22.8 Å². The van der Waals surface area contributed by atoms with Crippen molar-refractivity contribution >= 4 is 23.2 Å². The van der Waals surface area contributed by atoms with Crippen LogP contribution in [0.4, 0.5) is 18.9 Å². The third-order valence-corrected chi connectivity index (χ3v) is 7.12. The van der Waals surface area contributed by atoms with Crippen LogP contribution < -0.4 is 4.90 Å². The molecule has 2 aliphatic heterocycles. The van der Waals surface area contributed by atoms with Gasteiger partial charge in [-0.3, -0.25) is 9.59 Å². The lowest BCUT2D eigenvalue weighted by molar-refractivity contribution is -0.146. The number of rotatable bonds is 6. The molecule has 192 valence electrons. The monoisotopic (exact) mass is 499 g/mol. The van der Waals surface area contributed by atoms with Crippen LogP contribution in [0.15, 0.2) is 40.5 Å². The zero-order valence-corrected chi connectivity index (χ0v) is 21.0. The van der Waals surface area contributed by atoms with Crippen molar-refractivity contribution in [3.8, 4) is 11.8 Å². The van der Waals surface area contributed by atoms with Crippen molar-refractivity contribution in [3.05, 3.63) is 41.1 Å². The van der Waals surface area contributed by atoms with E-state index in [1.54, 1.807) is 9.80 Å². The molecule has 1 fully saturated rings. The number of benzene rings is 1. The van der Waals surface area contributed by atoms with Gasteiger partial charge in [0, 0.05) is 43.2 Å². The van der Waals surface area contributed by atoms with Crippen LogP contribution in [0.25, 0.3) is 0 Å². The maximum absolute atomic E-state index is 13.8. The van der Waals surface area contributed by atoms with Gasteiger partial charge in [-0.05, 0) is 50.2 Å². The maximum atomic E-state index is 13.8. The third kappa shape index (κ3) is 5.21. The minimum atomic E-state index is -4.20. The fourth-order valence-corrected chi connectivity index (χ4v) is 5.17. The summed E-state index contributed by atoms with van der Waals surface area (Å²) in [5.41, 5.74) is 3.52. The Balaban J connectivity index is 1.58. The molecule has 0 atom stereocenters. The van der Waals surface area contributed by atoms with Gasteiger partial charge in [-0.2, -0.15) is 13.2 Å². The van der Waals surface area contributed by atoms with Crippen LogP contribution in [0, 0.1) is 17.8 Å². The highest BCUT2D eigenvalue weighted by atomic mass is 19.4. The molecule has 0 radical (unpaired) electrons. The zero-order chi connectivity index (χ0) is 26.1. The first-order chi connectivity index (χ1) is 17.0. The number of fused-ring (bicyclic) bond motifs is 2. The largest absolute Gasteiger partial charge is 0.389 e. The van der Waals surface area contributed by atoms with Gasteiger partial charge in [-0.1, -0.05) is 43.5 Å². The van der Waals surface area contributed by atoms with Crippen molar-refractivity contribution in [3.63, 3.8) is 0 Å². The van der Waals surface area contributed by atoms with E-state index in [0.717, 1.165) is 36.2 Å². The molecule has 0 unspecified atom stereocenters. The molecule has 0 bridgehead atoms. The van der Waals surface area contributed by atoms with Crippen LogP contribution in [0.2, 0.25) is 0 Å². The molecule has 1 aromatic rings. The van der Waals surface area contributed by atoms with Gasteiger partial charge < -0.3 is 9.80 Å². The first-order valence-electron chi connectivity index (χ1n) is 12.5. The molecule has 0 saturated carbocycles. The Morgan fingerprint density at radius 1 is 1.19 bits per heavy atom. The summed E-state index contributed by atoms with van der Waals surface area (Å²) in [5, 5.41) is 0. The SMILES string of the molecule is CC1=C(N=C(C#CCCCC(F)(F)F)CN2C(=O)C3(CN(C(=O)C(C)C)C3)c3ccccc32)CCC1. The second kappa shape index (κ2) is 10.1. The summed E-state index contributed by atoms with van der Waals surface area (Å²) in [4.78, 5) is 34.4. The number of para-hydroxylation sites is 1. The molecule has 2 amide bonds. The smallest absolute Gasteiger partial charge is 0.339 e. The molecule has 8 heteroatoms. The number of carbonyl (C=O) groups is 2. The molecule has 2 heterocycles. The van der Waals surface area contributed by atoms with Gasteiger partial charge in [-0.15, -0.1) is 0 Å². The predicted octanol–water partition coefficient (Wildman–Crippen LogP) is 5.40. The Kier molecular flexibility index (Phi) is 7.31. The number of anilines is 1. The molecule has 1 aromatic carbocycles. The number of carbonyl (C=O) groups excluding carboxylic acids is 2. The summed E-state index contributed by atoms with van der Waals surface area (Å²) in [7, 11) is 0. The molecule has 36 heavy (non-hydrogen) atoms. The maximum Gasteiger partial charge on any atom is 0.389 e. The number of halogens is 3. The number of amides is 2. The van der Waals surface area contributed by atoms with Crippen molar-refractivity contribution in [1.82, 2.24) is 4.90 Å². The van der Waals surface area contributed by atoms with E-state index in [1.165, 1.54) is 5.57 Å². The number of hydrogen-bond donors (Lipinski definition) is 0.